The smallest absolute Gasteiger partial charge is 0.221 e. The minimum Gasteiger partial charge on any atom is -0.356 e. The van der Waals surface area contributed by atoms with Crippen LogP contribution in [0.3, 0.4) is 0 Å². The highest BCUT2D eigenvalue weighted by Gasteiger charge is 1.97. The van der Waals surface area contributed by atoms with Gasteiger partial charge in [0.1, 0.15) is 0 Å². The molecule has 0 aliphatic carbocycles. The molecule has 0 saturated carbocycles. The van der Waals surface area contributed by atoms with Crippen LogP contribution in [0.4, 0.5) is 0 Å². The number of nitrogens with two attached hydrogens (primary N) is 1. The van der Waals surface area contributed by atoms with E-state index >= 15 is 0 Å². The SMILES string of the molecule is CCNC(=O)CCNCCNCCNCCN. The molecule has 0 radical (unpaired) electrons. The maximum Gasteiger partial charge on any atom is 0.221 e. The molecule has 0 aromatic heterocycles. The predicted octanol–water partition coefficient (Wildman–Crippen LogP) is -1.76. The van der Waals surface area contributed by atoms with E-state index in [1.54, 1.807) is 0 Å². The van der Waals surface area contributed by atoms with Gasteiger partial charge in [0.05, 0.1) is 0 Å². The van der Waals surface area contributed by atoms with Crippen LogP contribution in [-0.4, -0.2) is 58.3 Å². The summed E-state index contributed by atoms with van der Waals surface area (Å²) in [6, 6.07) is 0. The van der Waals surface area contributed by atoms with Crippen molar-refractivity contribution in [2.45, 2.75) is 13.3 Å². The first-order valence-corrected chi connectivity index (χ1v) is 6.40. The van der Waals surface area contributed by atoms with Crippen molar-refractivity contribution in [1.29, 1.82) is 0 Å². The first-order valence-electron chi connectivity index (χ1n) is 6.40. The van der Waals surface area contributed by atoms with E-state index in [9.17, 15) is 4.79 Å². The van der Waals surface area contributed by atoms with Crippen molar-refractivity contribution in [3.05, 3.63) is 0 Å². The van der Waals surface area contributed by atoms with E-state index in [0.29, 0.717) is 19.5 Å². The molecule has 0 fully saturated rings. The van der Waals surface area contributed by atoms with E-state index in [2.05, 4.69) is 21.3 Å². The standard InChI is InChI=1S/C11H27N5O/c1-2-16-11(17)3-5-13-7-9-15-10-8-14-6-4-12/h13-15H,2-10,12H2,1H3,(H,16,17). The molecule has 0 aromatic rings. The molecule has 0 bridgehead atoms. The summed E-state index contributed by atoms with van der Waals surface area (Å²) in [5, 5.41) is 12.5. The van der Waals surface area contributed by atoms with Gasteiger partial charge in [-0.3, -0.25) is 4.79 Å². The van der Waals surface area contributed by atoms with Gasteiger partial charge in [-0.05, 0) is 6.92 Å². The number of carbonyl (C=O) groups excluding carboxylic acids is 1. The molecule has 0 aliphatic heterocycles. The third-order valence-corrected chi connectivity index (χ3v) is 2.18. The molecule has 0 heterocycles. The first-order chi connectivity index (χ1) is 8.31. The van der Waals surface area contributed by atoms with Gasteiger partial charge in [0.15, 0.2) is 0 Å². The third kappa shape index (κ3) is 13.2. The Labute approximate surface area is 104 Å². The average Bonchev–Trinajstić information content (AvgIpc) is 2.32. The van der Waals surface area contributed by atoms with Crippen LogP contribution in [-0.2, 0) is 4.79 Å². The van der Waals surface area contributed by atoms with Crippen molar-refractivity contribution >= 4 is 5.91 Å². The minimum absolute atomic E-state index is 0.110. The van der Waals surface area contributed by atoms with Gasteiger partial charge in [-0.15, -0.1) is 0 Å². The largest absolute Gasteiger partial charge is 0.356 e. The van der Waals surface area contributed by atoms with Gasteiger partial charge >= 0.3 is 0 Å². The molecule has 6 heteroatoms. The highest BCUT2D eigenvalue weighted by atomic mass is 16.1. The van der Waals surface area contributed by atoms with Gasteiger partial charge in [0, 0.05) is 58.8 Å². The molecule has 0 aliphatic rings. The van der Waals surface area contributed by atoms with Gasteiger partial charge in [-0.1, -0.05) is 0 Å². The van der Waals surface area contributed by atoms with Crippen LogP contribution >= 0.6 is 0 Å². The number of amides is 1. The van der Waals surface area contributed by atoms with Crippen molar-refractivity contribution in [2.75, 3.05) is 52.4 Å². The lowest BCUT2D eigenvalue weighted by molar-refractivity contribution is -0.120. The van der Waals surface area contributed by atoms with Crippen molar-refractivity contribution in [3.8, 4) is 0 Å². The van der Waals surface area contributed by atoms with Crippen LogP contribution in [0.15, 0.2) is 0 Å². The predicted molar refractivity (Wildman–Crippen MR) is 71.0 cm³/mol. The second kappa shape index (κ2) is 13.4. The molecule has 0 rings (SSSR count). The summed E-state index contributed by atoms with van der Waals surface area (Å²) in [5.41, 5.74) is 5.34. The van der Waals surface area contributed by atoms with Gasteiger partial charge in [0.25, 0.3) is 0 Å². The van der Waals surface area contributed by atoms with Crippen LogP contribution in [0, 0.1) is 0 Å². The third-order valence-electron chi connectivity index (χ3n) is 2.18. The molecule has 0 aromatic carbocycles. The number of hydrogen-bond acceptors (Lipinski definition) is 5. The van der Waals surface area contributed by atoms with Crippen molar-refractivity contribution in [3.63, 3.8) is 0 Å². The number of carbonyl (C=O) groups is 1. The Bertz CT molecular complexity index is 177. The molecule has 1 amide bonds. The van der Waals surface area contributed by atoms with Crippen LogP contribution in [0.1, 0.15) is 13.3 Å². The molecule has 0 spiro atoms. The van der Waals surface area contributed by atoms with E-state index < -0.39 is 0 Å². The van der Waals surface area contributed by atoms with Crippen LogP contribution in [0.5, 0.6) is 0 Å². The normalized spacial score (nSPS) is 10.5. The highest BCUT2D eigenvalue weighted by Crippen LogP contribution is 1.75. The summed E-state index contributed by atoms with van der Waals surface area (Å²) in [4.78, 5) is 11.1. The van der Waals surface area contributed by atoms with E-state index in [0.717, 1.165) is 39.3 Å². The molecule has 6 N–H and O–H groups in total. The summed E-state index contributed by atoms with van der Waals surface area (Å²) in [6.07, 6.45) is 0.548. The summed E-state index contributed by atoms with van der Waals surface area (Å²) in [5.74, 6) is 0.110. The quantitative estimate of drug-likeness (QED) is 0.263. The van der Waals surface area contributed by atoms with E-state index in [1.165, 1.54) is 0 Å². The minimum atomic E-state index is 0.110. The van der Waals surface area contributed by atoms with Crippen LogP contribution < -0.4 is 27.0 Å². The van der Waals surface area contributed by atoms with Gasteiger partial charge in [-0.2, -0.15) is 0 Å². The second-order valence-corrected chi connectivity index (χ2v) is 3.74. The van der Waals surface area contributed by atoms with E-state index in [-0.39, 0.29) is 5.91 Å². The Morgan fingerprint density at radius 3 is 2.00 bits per heavy atom. The summed E-state index contributed by atoms with van der Waals surface area (Å²) < 4.78 is 0. The zero-order valence-electron chi connectivity index (χ0n) is 10.8. The van der Waals surface area contributed by atoms with Crippen molar-refractivity contribution in [1.82, 2.24) is 21.3 Å². The lowest BCUT2D eigenvalue weighted by Gasteiger charge is -2.07. The summed E-state index contributed by atoms with van der Waals surface area (Å²) >= 11 is 0. The zero-order valence-corrected chi connectivity index (χ0v) is 10.8. The van der Waals surface area contributed by atoms with Gasteiger partial charge < -0.3 is 27.0 Å². The van der Waals surface area contributed by atoms with Crippen molar-refractivity contribution < 1.29 is 4.79 Å². The lowest BCUT2D eigenvalue weighted by atomic mass is 10.4. The van der Waals surface area contributed by atoms with Crippen molar-refractivity contribution in [2.24, 2.45) is 5.73 Å². The Morgan fingerprint density at radius 1 is 0.941 bits per heavy atom. The molecule has 6 nitrogen and oxygen atoms in total. The molecule has 17 heavy (non-hydrogen) atoms. The maximum atomic E-state index is 11.1. The fourth-order valence-corrected chi connectivity index (χ4v) is 1.32. The van der Waals surface area contributed by atoms with Gasteiger partial charge in [0.2, 0.25) is 5.91 Å². The highest BCUT2D eigenvalue weighted by molar-refractivity contribution is 5.75. The second-order valence-electron chi connectivity index (χ2n) is 3.74. The number of hydrogen-bond donors (Lipinski definition) is 5. The topological polar surface area (TPSA) is 91.2 Å². The number of nitrogens with one attached hydrogen (secondary N) is 4. The average molecular weight is 245 g/mol. The zero-order chi connectivity index (χ0) is 12.8. The molecular weight excluding hydrogens is 218 g/mol. The summed E-state index contributed by atoms with van der Waals surface area (Å²) in [6.45, 7) is 8.60. The maximum absolute atomic E-state index is 11.1. The Kier molecular flexibility index (Phi) is 12.8. The first kappa shape index (κ1) is 16.3. The fraction of sp³-hybridized carbons (Fsp3) is 0.909. The lowest BCUT2D eigenvalue weighted by Crippen LogP contribution is -2.35. The monoisotopic (exact) mass is 245 g/mol. The Balaban J connectivity index is 3.01. The molecule has 102 valence electrons. The Morgan fingerprint density at radius 2 is 1.47 bits per heavy atom. The number of rotatable bonds is 12. The van der Waals surface area contributed by atoms with Crippen LogP contribution in [0.2, 0.25) is 0 Å². The van der Waals surface area contributed by atoms with Crippen LogP contribution in [0.25, 0.3) is 0 Å². The Hall–Kier alpha value is -0.690. The fourth-order valence-electron chi connectivity index (χ4n) is 1.32. The molecule has 0 unspecified atom stereocenters. The van der Waals surface area contributed by atoms with E-state index in [4.69, 9.17) is 5.73 Å². The molecule has 0 saturated heterocycles. The molecular formula is C11H27N5O. The van der Waals surface area contributed by atoms with E-state index in [1.807, 2.05) is 6.92 Å². The van der Waals surface area contributed by atoms with Gasteiger partial charge in [-0.25, -0.2) is 0 Å². The summed E-state index contributed by atoms with van der Waals surface area (Å²) in [7, 11) is 0. The molecule has 0 atom stereocenters.